The molecule has 0 aromatic carbocycles. The molecular weight excluding hydrogens is 136 g/mol. The molecule has 0 aromatic heterocycles. The van der Waals surface area contributed by atoms with Crippen LogP contribution in [0.25, 0.3) is 0 Å². The van der Waals surface area contributed by atoms with Crippen LogP contribution in [0.5, 0.6) is 0 Å². The molecule has 0 aliphatic carbocycles. The Labute approximate surface area is 59.3 Å². The molecule has 5 nitrogen and oxygen atoms in total. The minimum absolute atomic E-state index is 0.338. The summed E-state index contributed by atoms with van der Waals surface area (Å²) < 4.78 is 0. The monoisotopic (exact) mass is 150 g/mol. The van der Waals surface area contributed by atoms with Crippen LogP contribution in [0, 0.1) is 0 Å². The average molecular weight is 150 g/mol. The molecule has 0 radical (unpaired) electrons. The molecule has 0 heterocycles. The normalized spacial score (nSPS) is 20.1. The van der Waals surface area contributed by atoms with Crippen molar-refractivity contribution in [1.29, 1.82) is 0 Å². The molecular formula is C5H14N2O3. The Morgan fingerprint density at radius 3 is 1.50 bits per heavy atom. The van der Waals surface area contributed by atoms with Gasteiger partial charge in [-0.05, 0) is 0 Å². The van der Waals surface area contributed by atoms with E-state index in [2.05, 4.69) is 0 Å². The van der Waals surface area contributed by atoms with Gasteiger partial charge in [0.2, 0.25) is 0 Å². The van der Waals surface area contributed by atoms with Crippen LogP contribution < -0.4 is 11.5 Å². The summed E-state index contributed by atoms with van der Waals surface area (Å²) in [6.07, 6.45) is -1.05. The standard InChI is InChI=1S/C5H14N2O3/c6-3(1-8)5(10)4(7)2-9/h3-5,8-10H,1-2,6-7H2. The Hall–Kier alpha value is -0.200. The fourth-order valence-electron chi connectivity index (χ4n) is 0.534. The first-order valence-corrected chi connectivity index (χ1v) is 3.04. The van der Waals surface area contributed by atoms with Crippen molar-refractivity contribution < 1.29 is 15.3 Å². The first kappa shape index (κ1) is 9.80. The number of hydrogen-bond acceptors (Lipinski definition) is 5. The van der Waals surface area contributed by atoms with E-state index in [1.165, 1.54) is 0 Å². The number of rotatable bonds is 4. The predicted molar refractivity (Wildman–Crippen MR) is 36.1 cm³/mol. The lowest BCUT2D eigenvalue weighted by atomic mass is 10.1. The Morgan fingerprint density at radius 2 is 1.30 bits per heavy atom. The molecule has 0 fully saturated rings. The minimum Gasteiger partial charge on any atom is -0.395 e. The van der Waals surface area contributed by atoms with E-state index in [9.17, 15) is 0 Å². The van der Waals surface area contributed by atoms with Crippen molar-refractivity contribution in [1.82, 2.24) is 0 Å². The van der Waals surface area contributed by atoms with Crippen molar-refractivity contribution in [2.75, 3.05) is 13.2 Å². The maximum absolute atomic E-state index is 9.02. The Kier molecular flexibility index (Phi) is 4.50. The summed E-state index contributed by atoms with van der Waals surface area (Å²) in [6.45, 7) is -0.677. The molecule has 0 aliphatic heterocycles. The fraction of sp³-hybridized carbons (Fsp3) is 1.00. The third kappa shape index (κ3) is 2.59. The number of aliphatic hydroxyl groups excluding tert-OH is 3. The molecule has 2 atom stereocenters. The average Bonchev–Trinajstić information content (AvgIpc) is 2.00. The molecule has 0 saturated carbocycles. The van der Waals surface area contributed by atoms with E-state index in [0.29, 0.717) is 0 Å². The Balaban J connectivity index is 3.69. The molecule has 0 aliphatic rings. The van der Waals surface area contributed by atoms with Crippen molar-refractivity contribution >= 4 is 0 Å². The molecule has 0 saturated heterocycles. The fourth-order valence-corrected chi connectivity index (χ4v) is 0.534. The predicted octanol–water partition coefficient (Wildman–Crippen LogP) is -3.01. The van der Waals surface area contributed by atoms with Gasteiger partial charge in [-0.3, -0.25) is 0 Å². The summed E-state index contributed by atoms with van der Waals surface area (Å²) in [5.41, 5.74) is 10.4. The van der Waals surface area contributed by atoms with E-state index in [-0.39, 0.29) is 13.2 Å². The SMILES string of the molecule is NC(CO)C(O)C(N)CO. The molecule has 0 spiro atoms. The topological polar surface area (TPSA) is 113 Å². The van der Waals surface area contributed by atoms with Crippen LogP contribution in [-0.4, -0.2) is 46.7 Å². The van der Waals surface area contributed by atoms with Crippen LogP contribution in [0.1, 0.15) is 0 Å². The molecule has 0 aromatic rings. The third-order valence-electron chi connectivity index (χ3n) is 1.30. The largest absolute Gasteiger partial charge is 0.395 e. The van der Waals surface area contributed by atoms with Crippen molar-refractivity contribution in [2.45, 2.75) is 18.2 Å². The van der Waals surface area contributed by atoms with Gasteiger partial charge in [0.25, 0.3) is 0 Å². The first-order chi connectivity index (χ1) is 4.63. The zero-order valence-electron chi connectivity index (χ0n) is 5.64. The molecule has 0 amide bonds. The second kappa shape index (κ2) is 4.59. The van der Waals surface area contributed by atoms with E-state index < -0.39 is 18.2 Å². The summed E-state index contributed by atoms with van der Waals surface area (Å²) >= 11 is 0. The highest BCUT2D eigenvalue weighted by Crippen LogP contribution is 1.93. The Morgan fingerprint density at radius 1 is 1.00 bits per heavy atom. The van der Waals surface area contributed by atoms with Gasteiger partial charge in [0.15, 0.2) is 0 Å². The summed E-state index contributed by atoms with van der Waals surface area (Å²) in [6, 6.07) is -1.55. The molecule has 2 unspecified atom stereocenters. The third-order valence-corrected chi connectivity index (χ3v) is 1.30. The highest BCUT2D eigenvalue weighted by atomic mass is 16.3. The van der Waals surface area contributed by atoms with Crippen molar-refractivity contribution in [2.24, 2.45) is 11.5 Å². The molecule has 10 heavy (non-hydrogen) atoms. The van der Waals surface area contributed by atoms with Gasteiger partial charge in [-0.1, -0.05) is 0 Å². The van der Waals surface area contributed by atoms with E-state index in [1.807, 2.05) is 0 Å². The van der Waals surface area contributed by atoms with Gasteiger partial charge in [-0.25, -0.2) is 0 Å². The highest BCUT2D eigenvalue weighted by Gasteiger charge is 2.20. The van der Waals surface area contributed by atoms with Crippen molar-refractivity contribution in [3.8, 4) is 0 Å². The lowest BCUT2D eigenvalue weighted by molar-refractivity contribution is 0.0656. The van der Waals surface area contributed by atoms with Crippen molar-refractivity contribution in [3.63, 3.8) is 0 Å². The highest BCUT2D eigenvalue weighted by molar-refractivity contribution is 4.80. The van der Waals surface area contributed by atoms with Gasteiger partial charge in [-0.2, -0.15) is 0 Å². The van der Waals surface area contributed by atoms with Crippen LogP contribution in [0.2, 0.25) is 0 Å². The zero-order valence-corrected chi connectivity index (χ0v) is 5.64. The summed E-state index contributed by atoms with van der Waals surface area (Å²) in [5.74, 6) is 0. The van der Waals surface area contributed by atoms with Gasteiger partial charge >= 0.3 is 0 Å². The number of hydrogen-bond donors (Lipinski definition) is 5. The van der Waals surface area contributed by atoms with E-state index in [1.54, 1.807) is 0 Å². The second-order valence-corrected chi connectivity index (χ2v) is 2.18. The zero-order chi connectivity index (χ0) is 8.15. The first-order valence-electron chi connectivity index (χ1n) is 3.04. The van der Waals surface area contributed by atoms with Gasteiger partial charge < -0.3 is 26.8 Å². The van der Waals surface area contributed by atoms with Crippen LogP contribution in [0.3, 0.4) is 0 Å². The lowest BCUT2D eigenvalue weighted by Crippen LogP contribution is -2.50. The molecule has 7 N–H and O–H groups in total. The number of aliphatic hydroxyl groups is 3. The molecule has 0 rings (SSSR count). The lowest BCUT2D eigenvalue weighted by Gasteiger charge is -2.20. The van der Waals surface area contributed by atoms with E-state index in [0.717, 1.165) is 0 Å². The molecule has 5 heteroatoms. The maximum atomic E-state index is 9.02. The molecule has 62 valence electrons. The van der Waals surface area contributed by atoms with Gasteiger partial charge in [0, 0.05) is 0 Å². The maximum Gasteiger partial charge on any atom is 0.0886 e. The second-order valence-electron chi connectivity index (χ2n) is 2.18. The van der Waals surface area contributed by atoms with Gasteiger partial charge in [0.1, 0.15) is 0 Å². The number of nitrogens with two attached hydrogens (primary N) is 2. The smallest absolute Gasteiger partial charge is 0.0886 e. The van der Waals surface area contributed by atoms with Crippen LogP contribution >= 0.6 is 0 Å². The van der Waals surface area contributed by atoms with E-state index in [4.69, 9.17) is 26.8 Å². The summed E-state index contributed by atoms with van der Waals surface area (Å²) in [7, 11) is 0. The van der Waals surface area contributed by atoms with Gasteiger partial charge in [-0.15, -0.1) is 0 Å². The van der Waals surface area contributed by atoms with E-state index >= 15 is 0 Å². The summed E-state index contributed by atoms with van der Waals surface area (Å²) in [5, 5.41) is 25.9. The minimum atomic E-state index is -1.05. The summed E-state index contributed by atoms with van der Waals surface area (Å²) in [4.78, 5) is 0. The van der Waals surface area contributed by atoms with Crippen LogP contribution in [-0.2, 0) is 0 Å². The Bertz CT molecular complexity index is 81.0. The van der Waals surface area contributed by atoms with Crippen LogP contribution in [0.15, 0.2) is 0 Å². The van der Waals surface area contributed by atoms with Gasteiger partial charge in [0.05, 0.1) is 31.4 Å². The van der Waals surface area contributed by atoms with Crippen molar-refractivity contribution in [3.05, 3.63) is 0 Å². The molecule has 0 bridgehead atoms. The van der Waals surface area contributed by atoms with Crippen LogP contribution in [0.4, 0.5) is 0 Å². The quantitative estimate of drug-likeness (QED) is 0.293.